The first kappa shape index (κ1) is 34.0. The Kier molecular flexibility index (Phi) is 27.9. The first-order chi connectivity index (χ1) is 17.9. The van der Waals surface area contributed by atoms with Crippen LogP contribution >= 0.6 is 0 Å². The molecule has 0 spiro atoms. The van der Waals surface area contributed by atoms with Gasteiger partial charge < -0.3 is 0 Å². The van der Waals surface area contributed by atoms with Crippen LogP contribution in [-0.4, -0.2) is 0 Å². The predicted octanol–water partition coefficient (Wildman–Crippen LogP) is 13.9. The number of unbranched alkanes of at least 4 members (excludes halogenated alkanes) is 27. The van der Waals surface area contributed by atoms with Crippen LogP contribution in [0.25, 0.3) is 0 Å². The van der Waals surface area contributed by atoms with E-state index in [0.29, 0.717) is 0 Å². The van der Waals surface area contributed by atoms with E-state index in [9.17, 15) is 0 Å². The van der Waals surface area contributed by atoms with Crippen molar-refractivity contribution in [3.05, 3.63) is 0 Å². The molecule has 0 aromatic rings. The number of rotatable bonds is 29. The largest absolute Gasteiger partial charge is 0.0654 e. The molecule has 1 fully saturated rings. The number of hydrogen-bond acceptors (Lipinski definition) is 0. The van der Waals surface area contributed by atoms with Crippen LogP contribution in [0.4, 0.5) is 0 Å². The molecule has 0 amide bonds. The second-order valence-corrected chi connectivity index (χ2v) is 12.8. The highest BCUT2D eigenvalue weighted by atomic mass is 14.2. The Hall–Kier alpha value is 0. The summed E-state index contributed by atoms with van der Waals surface area (Å²) >= 11 is 0. The molecule has 0 saturated heterocycles. The Morgan fingerprint density at radius 3 is 0.833 bits per heavy atom. The van der Waals surface area contributed by atoms with E-state index < -0.39 is 0 Å². The van der Waals surface area contributed by atoms with Gasteiger partial charge in [0.15, 0.2) is 0 Å². The van der Waals surface area contributed by atoms with Crippen molar-refractivity contribution in [1.29, 1.82) is 0 Å². The average molecular weight is 505 g/mol. The zero-order valence-electron chi connectivity index (χ0n) is 25.6. The fourth-order valence-corrected chi connectivity index (χ4v) is 6.58. The van der Waals surface area contributed by atoms with Crippen LogP contribution in [0.1, 0.15) is 225 Å². The van der Waals surface area contributed by atoms with Gasteiger partial charge in [-0.05, 0) is 5.92 Å². The van der Waals surface area contributed by atoms with Crippen LogP contribution in [0.5, 0.6) is 0 Å². The normalized spacial score (nSPS) is 14.6. The molecule has 0 nitrogen and oxygen atoms in total. The molecule has 216 valence electrons. The van der Waals surface area contributed by atoms with Gasteiger partial charge >= 0.3 is 0 Å². The van der Waals surface area contributed by atoms with Crippen molar-refractivity contribution in [1.82, 2.24) is 0 Å². The third kappa shape index (κ3) is 25.6. The van der Waals surface area contributed by atoms with E-state index in [0.717, 1.165) is 5.92 Å². The van der Waals surface area contributed by atoms with Gasteiger partial charge in [-0.25, -0.2) is 0 Å². The van der Waals surface area contributed by atoms with E-state index in [-0.39, 0.29) is 0 Å². The molecule has 0 radical (unpaired) electrons. The summed E-state index contributed by atoms with van der Waals surface area (Å²) in [7, 11) is 0. The quantitative estimate of drug-likeness (QED) is 0.0888. The van der Waals surface area contributed by atoms with Gasteiger partial charge in [-0.2, -0.15) is 0 Å². The summed E-state index contributed by atoms with van der Waals surface area (Å²) in [5, 5.41) is 0. The Morgan fingerprint density at radius 1 is 0.306 bits per heavy atom. The summed E-state index contributed by atoms with van der Waals surface area (Å²) in [4.78, 5) is 0. The fraction of sp³-hybridized carbons (Fsp3) is 1.00. The zero-order valence-corrected chi connectivity index (χ0v) is 25.6. The standard InChI is InChI=1S/C36H72/c1-2-3-4-5-6-7-8-9-10-11-12-13-14-15-16-17-18-19-20-21-22-23-24-25-26-27-28-30-33-36-34-31-29-32-35-36/h36H,2-35H2,1H3. The van der Waals surface area contributed by atoms with Crippen LogP contribution in [0, 0.1) is 5.92 Å². The molecule has 0 heterocycles. The maximum atomic E-state index is 2.31. The SMILES string of the molecule is CCCCCCCCCCCCCCCCCCCCCCCCCCCCCCC1CCCCC1. The molecule has 0 aliphatic heterocycles. The minimum Gasteiger partial charge on any atom is -0.0654 e. The first-order valence-corrected chi connectivity index (χ1v) is 17.9. The van der Waals surface area contributed by atoms with Crippen LogP contribution < -0.4 is 0 Å². The van der Waals surface area contributed by atoms with Gasteiger partial charge in [-0.3, -0.25) is 0 Å². The molecule has 1 saturated carbocycles. The van der Waals surface area contributed by atoms with Gasteiger partial charge in [0.05, 0.1) is 0 Å². The van der Waals surface area contributed by atoms with Crippen molar-refractivity contribution < 1.29 is 0 Å². The van der Waals surface area contributed by atoms with Crippen molar-refractivity contribution >= 4 is 0 Å². The summed E-state index contributed by atoms with van der Waals surface area (Å²) in [6.45, 7) is 2.31. The van der Waals surface area contributed by atoms with Gasteiger partial charge in [0.25, 0.3) is 0 Å². The predicted molar refractivity (Wildman–Crippen MR) is 166 cm³/mol. The highest BCUT2D eigenvalue weighted by molar-refractivity contribution is 4.65. The fourth-order valence-electron chi connectivity index (χ4n) is 6.58. The molecule has 0 N–H and O–H groups in total. The monoisotopic (exact) mass is 505 g/mol. The van der Waals surface area contributed by atoms with E-state index in [4.69, 9.17) is 0 Å². The molecule has 1 aliphatic carbocycles. The summed E-state index contributed by atoms with van der Waals surface area (Å²) < 4.78 is 0. The lowest BCUT2D eigenvalue weighted by Gasteiger charge is -2.21. The molecule has 1 rings (SSSR count). The summed E-state index contributed by atoms with van der Waals surface area (Å²) in [5.74, 6) is 1.10. The summed E-state index contributed by atoms with van der Waals surface area (Å²) in [5.41, 5.74) is 0. The van der Waals surface area contributed by atoms with Gasteiger partial charge in [-0.1, -0.05) is 225 Å². The van der Waals surface area contributed by atoms with Crippen molar-refractivity contribution in [2.45, 2.75) is 225 Å². The van der Waals surface area contributed by atoms with Crippen LogP contribution in [0.15, 0.2) is 0 Å². The minimum absolute atomic E-state index is 1.10. The molecule has 36 heavy (non-hydrogen) atoms. The lowest BCUT2D eigenvalue weighted by Crippen LogP contribution is -2.05. The molecule has 1 aliphatic rings. The van der Waals surface area contributed by atoms with E-state index in [2.05, 4.69) is 6.92 Å². The zero-order chi connectivity index (χ0) is 25.6. The highest BCUT2D eigenvalue weighted by Crippen LogP contribution is 2.28. The lowest BCUT2D eigenvalue weighted by atomic mass is 9.85. The number of hydrogen-bond donors (Lipinski definition) is 0. The van der Waals surface area contributed by atoms with E-state index >= 15 is 0 Å². The molecular formula is C36H72. The van der Waals surface area contributed by atoms with Gasteiger partial charge in [0.1, 0.15) is 0 Å². The Bertz CT molecular complexity index is 379. The van der Waals surface area contributed by atoms with Crippen molar-refractivity contribution in [3.8, 4) is 0 Å². The van der Waals surface area contributed by atoms with Gasteiger partial charge in [0.2, 0.25) is 0 Å². The highest BCUT2D eigenvalue weighted by Gasteiger charge is 2.12. The topological polar surface area (TPSA) is 0 Å². The lowest BCUT2D eigenvalue weighted by molar-refractivity contribution is 0.328. The van der Waals surface area contributed by atoms with E-state index in [1.165, 1.54) is 199 Å². The van der Waals surface area contributed by atoms with Crippen molar-refractivity contribution in [2.24, 2.45) is 5.92 Å². The second kappa shape index (κ2) is 29.6. The molecule has 0 heteroatoms. The second-order valence-electron chi connectivity index (χ2n) is 12.8. The Balaban J connectivity index is 1.61. The average Bonchev–Trinajstić information content (AvgIpc) is 2.91. The van der Waals surface area contributed by atoms with Crippen LogP contribution in [0.3, 0.4) is 0 Å². The Labute approximate surface area is 231 Å². The molecule has 0 aromatic heterocycles. The summed E-state index contributed by atoms with van der Waals surface area (Å²) in [6.07, 6.45) is 50.9. The van der Waals surface area contributed by atoms with Gasteiger partial charge in [-0.15, -0.1) is 0 Å². The maximum Gasteiger partial charge on any atom is -0.0414 e. The third-order valence-corrected chi connectivity index (χ3v) is 9.19. The van der Waals surface area contributed by atoms with Gasteiger partial charge in [0, 0.05) is 0 Å². The van der Waals surface area contributed by atoms with E-state index in [1.54, 1.807) is 19.3 Å². The van der Waals surface area contributed by atoms with Crippen molar-refractivity contribution in [3.63, 3.8) is 0 Å². The smallest absolute Gasteiger partial charge is 0.0414 e. The maximum absolute atomic E-state index is 2.31. The summed E-state index contributed by atoms with van der Waals surface area (Å²) in [6, 6.07) is 0. The molecule has 0 unspecified atom stereocenters. The van der Waals surface area contributed by atoms with Crippen molar-refractivity contribution in [2.75, 3.05) is 0 Å². The molecule has 0 bridgehead atoms. The minimum atomic E-state index is 1.10. The third-order valence-electron chi connectivity index (χ3n) is 9.19. The van der Waals surface area contributed by atoms with Crippen LogP contribution in [-0.2, 0) is 0 Å². The molecule has 0 atom stereocenters. The molecular weight excluding hydrogens is 432 g/mol. The Morgan fingerprint density at radius 2 is 0.556 bits per heavy atom. The molecule has 0 aromatic carbocycles. The first-order valence-electron chi connectivity index (χ1n) is 17.9. The van der Waals surface area contributed by atoms with E-state index in [1.807, 2.05) is 0 Å². The van der Waals surface area contributed by atoms with Crippen LogP contribution in [0.2, 0.25) is 0 Å².